The number of carbonyl (C=O) groups excluding carboxylic acids is 3. The van der Waals surface area contributed by atoms with Crippen molar-refractivity contribution in [2.24, 2.45) is 0 Å². The maximum atomic E-state index is 12.2. The van der Waals surface area contributed by atoms with Gasteiger partial charge in [-0.15, -0.1) is 0 Å². The summed E-state index contributed by atoms with van der Waals surface area (Å²) in [6.07, 6.45) is 0.783. The molecule has 0 bridgehead atoms. The fraction of sp³-hybridized carbons (Fsp3) is 0.500. The summed E-state index contributed by atoms with van der Waals surface area (Å²) in [5.41, 5.74) is 0.103. The average Bonchev–Trinajstić information content (AvgIpc) is 2.58. The molecule has 0 saturated carbocycles. The molecule has 0 heterocycles. The van der Waals surface area contributed by atoms with Gasteiger partial charge in [-0.05, 0) is 39.3 Å². The first-order valence-corrected chi connectivity index (χ1v) is 9.02. The highest BCUT2D eigenvalue weighted by atomic mass is 35.5. The van der Waals surface area contributed by atoms with Crippen molar-refractivity contribution in [2.75, 3.05) is 19.8 Å². The van der Waals surface area contributed by atoms with Gasteiger partial charge >= 0.3 is 12.0 Å². The molecule has 1 aromatic carbocycles. The number of hydrogen-bond acceptors (Lipinski definition) is 6. The molecule has 0 aliphatic heterocycles. The minimum absolute atomic E-state index is 0.103. The van der Waals surface area contributed by atoms with Crippen molar-refractivity contribution in [1.29, 1.82) is 0 Å². The molecule has 9 heteroatoms. The van der Waals surface area contributed by atoms with Crippen LogP contribution in [0.1, 0.15) is 44.5 Å². The fourth-order valence-corrected chi connectivity index (χ4v) is 2.23. The third kappa shape index (κ3) is 7.74. The van der Waals surface area contributed by atoms with Gasteiger partial charge in [-0.3, -0.25) is 10.1 Å². The van der Waals surface area contributed by atoms with E-state index in [4.69, 9.17) is 25.8 Å². The summed E-state index contributed by atoms with van der Waals surface area (Å²) in [5, 5.41) is 4.74. The summed E-state index contributed by atoms with van der Waals surface area (Å²) < 4.78 is 16.0. The first-order valence-electron chi connectivity index (χ1n) is 8.65. The molecule has 150 valence electrons. The number of amides is 3. The van der Waals surface area contributed by atoms with E-state index in [1.807, 2.05) is 6.92 Å². The van der Waals surface area contributed by atoms with E-state index < -0.39 is 24.5 Å². The molecule has 1 rings (SSSR count). The van der Waals surface area contributed by atoms with E-state index in [2.05, 4.69) is 10.6 Å². The Balaban J connectivity index is 2.76. The van der Waals surface area contributed by atoms with Gasteiger partial charge in [-0.2, -0.15) is 0 Å². The fourth-order valence-electron chi connectivity index (χ4n) is 1.97. The highest BCUT2D eigenvalue weighted by Gasteiger charge is 2.18. The highest BCUT2D eigenvalue weighted by molar-refractivity contribution is 6.32. The van der Waals surface area contributed by atoms with Crippen LogP contribution >= 0.6 is 11.6 Å². The number of benzene rings is 1. The predicted octanol–water partition coefficient (Wildman–Crippen LogP) is 2.92. The van der Waals surface area contributed by atoms with E-state index >= 15 is 0 Å². The molecule has 27 heavy (non-hydrogen) atoms. The van der Waals surface area contributed by atoms with Crippen LogP contribution < -0.4 is 20.1 Å². The number of imide groups is 1. The summed E-state index contributed by atoms with van der Waals surface area (Å²) >= 11 is 6.19. The number of urea groups is 1. The van der Waals surface area contributed by atoms with Crippen LogP contribution in [-0.4, -0.2) is 43.8 Å². The maximum absolute atomic E-state index is 12.2. The first-order chi connectivity index (χ1) is 12.8. The van der Waals surface area contributed by atoms with Gasteiger partial charge in [0, 0.05) is 6.04 Å². The molecular formula is C18H25ClN2O6. The minimum Gasteiger partial charge on any atom is -0.490 e. The molecule has 0 unspecified atom stereocenters. The predicted molar refractivity (Wildman–Crippen MR) is 100 cm³/mol. The highest BCUT2D eigenvalue weighted by Crippen LogP contribution is 2.37. The molecule has 8 nitrogen and oxygen atoms in total. The van der Waals surface area contributed by atoms with E-state index in [9.17, 15) is 14.4 Å². The Hall–Kier alpha value is -2.48. The number of esters is 1. The lowest BCUT2D eigenvalue weighted by Gasteiger charge is -2.14. The van der Waals surface area contributed by atoms with Crippen LogP contribution in [0.25, 0.3) is 0 Å². The molecule has 0 aromatic heterocycles. The molecule has 3 amide bonds. The zero-order chi connectivity index (χ0) is 20.4. The summed E-state index contributed by atoms with van der Waals surface area (Å²) in [4.78, 5) is 35.3. The number of halogens is 1. The molecule has 0 radical (unpaired) electrons. The topological polar surface area (TPSA) is 103 Å². The Morgan fingerprint density at radius 2 is 1.85 bits per heavy atom. The molecule has 0 fully saturated rings. The first kappa shape index (κ1) is 22.6. The number of carbonyl (C=O) groups is 3. The largest absolute Gasteiger partial charge is 0.490 e. The third-order valence-electron chi connectivity index (χ3n) is 3.00. The van der Waals surface area contributed by atoms with Gasteiger partial charge in [-0.1, -0.05) is 18.5 Å². The van der Waals surface area contributed by atoms with Crippen molar-refractivity contribution in [3.8, 4) is 11.5 Å². The van der Waals surface area contributed by atoms with Crippen LogP contribution in [0.4, 0.5) is 4.79 Å². The average molecular weight is 401 g/mol. The van der Waals surface area contributed by atoms with E-state index in [1.54, 1.807) is 20.8 Å². The normalized spacial score (nSPS) is 10.3. The number of rotatable bonds is 9. The Kier molecular flexibility index (Phi) is 9.42. The Morgan fingerprint density at radius 3 is 2.44 bits per heavy atom. The third-order valence-corrected chi connectivity index (χ3v) is 3.28. The summed E-state index contributed by atoms with van der Waals surface area (Å²) in [6, 6.07) is 2.02. The zero-order valence-electron chi connectivity index (χ0n) is 15.9. The van der Waals surface area contributed by atoms with Gasteiger partial charge in [0.2, 0.25) is 0 Å². The standard InChI is InChI=1S/C18H25ClN2O6/c1-5-7-26-16-13(19)8-12(9-14(16)25-6-2)17(23)27-10-15(22)21-18(24)20-11(3)4/h8-9,11H,5-7,10H2,1-4H3,(H2,20,21,22,24). The van der Waals surface area contributed by atoms with Gasteiger partial charge in [-0.25, -0.2) is 9.59 Å². The van der Waals surface area contributed by atoms with Crippen LogP contribution in [0.5, 0.6) is 11.5 Å². The molecule has 0 saturated heterocycles. The Morgan fingerprint density at radius 1 is 1.15 bits per heavy atom. The summed E-state index contributed by atoms with van der Waals surface area (Å²) in [6.45, 7) is 7.42. The van der Waals surface area contributed by atoms with Gasteiger partial charge in [0.05, 0.1) is 23.8 Å². The summed E-state index contributed by atoms with van der Waals surface area (Å²) in [7, 11) is 0. The van der Waals surface area contributed by atoms with Crippen molar-refractivity contribution in [3.05, 3.63) is 22.7 Å². The Labute approximate surface area is 163 Å². The van der Waals surface area contributed by atoms with Crippen molar-refractivity contribution in [2.45, 2.75) is 40.2 Å². The van der Waals surface area contributed by atoms with Crippen LogP contribution in [0, 0.1) is 0 Å². The van der Waals surface area contributed by atoms with Crippen LogP contribution in [0.2, 0.25) is 5.02 Å². The second-order valence-electron chi connectivity index (χ2n) is 5.82. The molecule has 2 N–H and O–H groups in total. The van der Waals surface area contributed by atoms with Crippen molar-refractivity contribution >= 4 is 29.5 Å². The minimum atomic E-state index is -0.778. The molecule has 0 spiro atoms. The van der Waals surface area contributed by atoms with Crippen molar-refractivity contribution in [3.63, 3.8) is 0 Å². The summed E-state index contributed by atoms with van der Waals surface area (Å²) in [5.74, 6) is -0.869. The quantitative estimate of drug-likeness (QED) is 0.618. The van der Waals surface area contributed by atoms with E-state index in [-0.39, 0.29) is 16.6 Å². The van der Waals surface area contributed by atoms with E-state index in [0.717, 1.165) is 6.42 Å². The van der Waals surface area contributed by atoms with Crippen LogP contribution in [0.3, 0.4) is 0 Å². The molecule has 0 aliphatic rings. The second-order valence-corrected chi connectivity index (χ2v) is 6.23. The lowest BCUT2D eigenvalue weighted by Crippen LogP contribution is -2.44. The molecular weight excluding hydrogens is 376 g/mol. The van der Waals surface area contributed by atoms with Gasteiger partial charge < -0.3 is 19.5 Å². The Bertz CT molecular complexity index is 678. The molecule has 1 aromatic rings. The van der Waals surface area contributed by atoms with Crippen LogP contribution in [-0.2, 0) is 9.53 Å². The number of nitrogens with one attached hydrogen (secondary N) is 2. The van der Waals surface area contributed by atoms with Crippen molar-refractivity contribution in [1.82, 2.24) is 10.6 Å². The van der Waals surface area contributed by atoms with E-state index in [1.165, 1.54) is 12.1 Å². The van der Waals surface area contributed by atoms with Crippen LogP contribution in [0.15, 0.2) is 12.1 Å². The maximum Gasteiger partial charge on any atom is 0.338 e. The number of ether oxygens (including phenoxy) is 3. The molecule has 0 atom stereocenters. The molecule has 0 aliphatic carbocycles. The zero-order valence-corrected chi connectivity index (χ0v) is 16.6. The second kappa shape index (κ2) is 11.3. The van der Waals surface area contributed by atoms with Gasteiger partial charge in [0.1, 0.15) is 0 Å². The monoisotopic (exact) mass is 400 g/mol. The van der Waals surface area contributed by atoms with Crippen molar-refractivity contribution < 1.29 is 28.6 Å². The SMILES string of the molecule is CCCOc1c(Cl)cc(C(=O)OCC(=O)NC(=O)NC(C)C)cc1OCC. The van der Waals surface area contributed by atoms with Gasteiger partial charge in [0.15, 0.2) is 18.1 Å². The smallest absolute Gasteiger partial charge is 0.338 e. The number of hydrogen-bond donors (Lipinski definition) is 2. The van der Waals surface area contributed by atoms with Gasteiger partial charge in [0.25, 0.3) is 5.91 Å². The lowest BCUT2D eigenvalue weighted by molar-refractivity contribution is -0.123. The lowest BCUT2D eigenvalue weighted by atomic mass is 10.2. The van der Waals surface area contributed by atoms with E-state index in [0.29, 0.717) is 24.7 Å².